The third-order valence-corrected chi connectivity index (χ3v) is 5.02. The Balaban J connectivity index is 1.59. The van der Waals surface area contributed by atoms with Gasteiger partial charge in [-0.25, -0.2) is 0 Å². The van der Waals surface area contributed by atoms with Crippen LogP contribution in [0.25, 0.3) is 10.4 Å². The van der Waals surface area contributed by atoms with Gasteiger partial charge in [0.2, 0.25) is 0 Å². The Morgan fingerprint density at radius 1 is 1.29 bits per heavy atom. The number of hydrogen-bond donors (Lipinski definition) is 0. The van der Waals surface area contributed by atoms with E-state index in [0.29, 0.717) is 6.54 Å². The first-order valence-corrected chi connectivity index (χ1v) is 8.40. The monoisotopic (exact) mass is 330 g/mol. The van der Waals surface area contributed by atoms with Crippen molar-refractivity contribution in [2.75, 3.05) is 13.1 Å². The van der Waals surface area contributed by atoms with Gasteiger partial charge >= 0.3 is 0 Å². The molecule has 0 saturated carbocycles. The number of benzene rings is 1. The van der Waals surface area contributed by atoms with Crippen LogP contribution >= 0.6 is 0 Å². The Kier molecular flexibility index (Phi) is 3.98. The second-order valence-corrected chi connectivity index (χ2v) is 7.04. The summed E-state index contributed by atoms with van der Waals surface area (Å²) in [5.74, 6) is -0.648. The van der Waals surface area contributed by atoms with Crippen LogP contribution in [-0.2, 0) is 27.2 Å². The topological polar surface area (TPSA) is 79.7 Å². The maximum atomic E-state index is 8.67. The Morgan fingerprint density at radius 3 is 2.88 bits per heavy atom. The van der Waals surface area contributed by atoms with Crippen molar-refractivity contribution >= 4 is 0 Å². The molecule has 24 heavy (non-hydrogen) atoms. The van der Waals surface area contributed by atoms with Crippen LogP contribution in [0.15, 0.2) is 29.4 Å². The SMILES string of the molecule is CC1(C)O[C@H]2O[C@H](CN=[N+]=[N-])[C@H](N3CCc4ccccc4C3)[C@H]2O1. The van der Waals surface area contributed by atoms with Gasteiger partial charge in [0.05, 0.1) is 18.7 Å². The van der Waals surface area contributed by atoms with Crippen LogP contribution in [0.1, 0.15) is 25.0 Å². The molecule has 7 heteroatoms. The minimum absolute atomic E-state index is 0.0237. The van der Waals surface area contributed by atoms with Gasteiger partial charge in [0.25, 0.3) is 0 Å². The van der Waals surface area contributed by atoms with Gasteiger partial charge in [0.1, 0.15) is 6.10 Å². The molecule has 0 unspecified atom stereocenters. The van der Waals surface area contributed by atoms with E-state index in [1.165, 1.54) is 11.1 Å². The van der Waals surface area contributed by atoms with Gasteiger partial charge in [-0.1, -0.05) is 29.4 Å². The van der Waals surface area contributed by atoms with E-state index < -0.39 is 12.1 Å². The molecule has 4 rings (SSSR count). The van der Waals surface area contributed by atoms with Crippen LogP contribution in [0, 0.1) is 0 Å². The fraction of sp³-hybridized carbons (Fsp3) is 0.647. The van der Waals surface area contributed by atoms with Gasteiger partial charge in [-0.2, -0.15) is 0 Å². The molecular formula is C17H22N4O3. The number of hydrogen-bond acceptors (Lipinski definition) is 5. The Hall–Kier alpha value is -1.63. The third kappa shape index (κ3) is 2.79. The van der Waals surface area contributed by atoms with Crippen LogP contribution in [-0.4, -0.2) is 48.3 Å². The molecule has 3 aliphatic rings. The molecular weight excluding hydrogens is 308 g/mol. The van der Waals surface area contributed by atoms with Crippen molar-refractivity contribution in [3.05, 3.63) is 45.8 Å². The molecule has 7 nitrogen and oxygen atoms in total. The molecule has 128 valence electrons. The third-order valence-electron chi connectivity index (χ3n) is 5.02. The zero-order chi connectivity index (χ0) is 16.7. The lowest BCUT2D eigenvalue weighted by molar-refractivity contribution is -0.210. The average Bonchev–Trinajstić information content (AvgIpc) is 3.03. The standard InChI is InChI=1S/C17H22N4O3/c1-17(2)23-15-14(13(9-19-20-18)22-16(15)24-17)21-8-7-11-5-3-4-6-12(11)10-21/h3-6,13-16H,7-10H2,1-2H3/t13-,14+,15-,16-/m1/s1. The van der Waals surface area contributed by atoms with E-state index >= 15 is 0 Å². The maximum absolute atomic E-state index is 8.67. The molecule has 3 heterocycles. The molecule has 3 aliphatic heterocycles. The van der Waals surface area contributed by atoms with Gasteiger partial charge < -0.3 is 14.2 Å². The van der Waals surface area contributed by atoms with Crippen molar-refractivity contribution in [1.82, 2.24) is 4.90 Å². The lowest BCUT2D eigenvalue weighted by Gasteiger charge is -2.37. The van der Waals surface area contributed by atoms with E-state index in [-0.39, 0.29) is 18.2 Å². The van der Waals surface area contributed by atoms with Gasteiger partial charge in [-0.15, -0.1) is 0 Å². The molecule has 1 aromatic carbocycles. The summed E-state index contributed by atoms with van der Waals surface area (Å²) in [4.78, 5) is 5.27. The first kappa shape index (κ1) is 15.9. The molecule has 0 aliphatic carbocycles. The second-order valence-electron chi connectivity index (χ2n) is 7.04. The minimum atomic E-state index is -0.648. The molecule has 0 aromatic heterocycles. The zero-order valence-electron chi connectivity index (χ0n) is 14.0. The lowest BCUT2D eigenvalue weighted by Crippen LogP contribution is -2.51. The number of ether oxygens (including phenoxy) is 3. The van der Waals surface area contributed by atoms with E-state index in [4.69, 9.17) is 19.7 Å². The average molecular weight is 330 g/mol. The summed E-state index contributed by atoms with van der Waals surface area (Å²) in [6, 6.07) is 8.55. The maximum Gasteiger partial charge on any atom is 0.189 e. The van der Waals surface area contributed by atoms with Crippen molar-refractivity contribution in [2.24, 2.45) is 5.11 Å². The number of azide groups is 1. The molecule has 1 aromatic rings. The fourth-order valence-corrected chi connectivity index (χ4v) is 4.04. The van der Waals surface area contributed by atoms with Crippen molar-refractivity contribution in [1.29, 1.82) is 0 Å². The molecule has 0 N–H and O–H groups in total. The summed E-state index contributed by atoms with van der Waals surface area (Å²) in [5.41, 5.74) is 11.4. The molecule has 0 radical (unpaired) electrons. The number of fused-ring (bicyclic) bond motifs is 2. The van der Waals surface area contributed by atoms with Gasteiger partial charge in [0.15, 0.2) is 12.1 Å². The highest BCUT2D eigenvalue weighted by atomic mass is 16.8. The predicted octanol–water partition coefficient (Wildman–Crippen LogP) is 2.60. The summed E-state index contributed by atoms with van der Waals surface area (Å²) in [7, 11) is 0. The van der Waals surface area contributed by atoms with E-state index in [0.717, 1.165) is 19.5 Å². The van der Waals surface area contributed by atoms with Crippen LogP contribution < -0.4 is 0 Å². The zero-order valence-corrected chi connectivity index (χ0v) is 14.0. The summed E-state index contributed by atoms with van der Waals surface area (Å²) >= 11 is 0. The van der Waals surface area contributed by atoms with Crippen molar-refractivity contribution < 1.29 is 14.2 Å². The summed E-state index contributed by atoms with van der Waals surface area (Å²) in [6.45, 7) is 5.88. The molecule has 4 atom stereocenters. The van der Waals surface area contributed by atoms with Gasteiger partial charge in [-0.3, -0.25) is 4.90 Å². The van der Waals surface area contributed by atoms with Crippen LogP contribution in [0.5, 0.6) is 0 Å². The molecule has 0 amide bonds. The summed E-state index contributed by atoms with van der Waals surface area (Å²) < 4.78 is 18.0. The molecule has 2 saturated heterocycles. The van der Waals surface area contributed by atoms with E-state index in [1.807, 2.05) is 13.8 Å². The van der Waals surface area contributed by atoms with Crippen molar-refractivity contribution in [2.45, 2.75) is 57.1 Å². The van der Waals surface area contributed by atoms with Crippen molar-refractivity contribution in [3.63, 3.8) is 0 Å². The van der Waals surface area contributed by atoms with E-state index in [1.54, 1.807) is 0 Å². The second kappa shape index (κ2) is 6.02. The Bertz CT molecular complexity index is 674. The van der Waals surface area contributed by atoms with Crippen molar-refractivity contribution in [3.8, 4) is 0 Å². The van der Waals surface area contributed by atoms with Crippen LogP contribution in [0.4, 0.5) is 0 Å². The normalized spacial score (nSPS) is 34.4. The molecule has 0 spiro atoms. The fourth-order valence-electron chi connectivity index (χ4n) is 4.04. The first-order chi connectivity index (χ1) is 11.6. The first-order valence-electron chi connectivity index (χ1n) is 8.40. The smallest absolute Gasteiger partial charge is 0.189 e. The highest BCUT2D eigenvalue weighted by Gasteiger charge is 2.56. The Labute approximate surface area is 141 Å². The highest BCUT2D eigenvalue weighted by molar-refractivity contribution is 5.29. The molecule has 0 bridgehead atoms. The summed E-state index contributed by atoms with van der Waals surface area (Å²) in [5, 5.41) is 3.72. The lowest BCUT2D eigenvalue weighted by atomic mass is 9.96. The largest absolute Gasteiger partial charge is 0.345 e. The van der Waals surface area contributed by atoms with Gasteiger partial charge in [0, 0.05) is 18.0 Å². The van der Waals surface area contributed by atoms with Crippen LogP contribution in [0.3, 0.4) is 0 Å². The molecule has 2 fully saturated rings. The number of nitrogens with zero attached hydrogens (tertiary/aromatic N) is 4. The predicted molar refractivity (Wildman–Crippen MR) is 87.1 cm³/mol. The quantitative estimate of drug-likeness (QED) is 0.485. The highest BCUT2D eigenvalue weighted by Crippen LogP contribution is 2.40. The van der Waals surface area contributed by atoms with E-state index in [9.17, 15) is 0 Å². The Morgan fingerprint density at radius 2 is 2.08 bits per heavy atom. The van der Waals surface area contributed by atoms with Gasteiger partial charge in [-0.05, 0) is 36.9 Å². The minimum Gasteiger partial charge on any atom is -0.345 e. The van der Waals surface area contributed by atoms with Crippen LogP contribution in [0.2, 0.25) is 0 Å². The number of rotatable bonds is 3. The van der Waals surface area contributed by atoms with E-state index in [2.05, 4.69) is 39.2 Å². The summed E-state index contributed by atoms with van der Waals surface area (Å²) in [6.07, 6.45) is 0.227.